The van der Waals surface area contributed by atoms with Gasteiger partial charge in [-0.25, -0.2) is 8.42 Å². The van der Waals surface area contributed by atoms with Crippen molar-refractivity contribution in [3.63, 3.8) is 0 Å². The number of sulfone groups is 1. The van der Waals surface area contributed by atoms with Crippen LogP contribution in [0.1, 0.15) is 0 Å². The van der Waals surface area contributed by atoms with Crippen LogP contribution < -0.4 is 9.47 Å². The van der Waals surface area contributed by atoms with Crippen molar-refractivity contribution in [1.29, 1.82) is 0 Å². The van der Waals surface area contributed by atoms with Gasteiger partial charge in [0.25, 0.3) is 5.16 Å². The Morgan fingerprint density at radius 3 is 1.80 bits per heavy atom. The van der Waals surface area contributed by atoms with Crippen molar-refractivity contribution >= 4 is 25.8 Å². The minimum Gasteiger partial charge on any atom is -0.480 e. The Hall–Kier alpha value is -0.890. The summed E-state index contributed by atoms with van der Waals surface area (Å²) < 4.78 is 32.6. The fourth-order valence-corrected chi connectivity index (χ4v) is 1.82. The van der Waals surface area contributed by atoms with E-state index in [1.165, 1.54) is 14.2 Å². The highest BCUT2D eigenvalue weighted by Crippen LogP contribution is 2.31. The van der Waals surface area contributed by atoms with Crippen molar-refractivity contribution in [2.75, 3.05) is 20.5 Å². The van der Waals surface area contributed by atoms with E-state index in [4.69, 9.17) is 9.47 Å². The molecule has 0 radical (unpaired) electrons. The standard InChI is InChI=1S/C7H9BrN2O4S/c1-13-5-4(8)6(14-2)10-7(9-5)15(3,11)12/h1-3H3. The second-order valence-electron chi connectivity index (χ2n) is 2.61. The monoisotopic (exact) mass is 296 g/mol. The fraction of sp³-hybridized carbons (Fsp3) is 0.429. The maximum Gasteiger partial charge on any atom is 0.253 e. The van der Waals surface area contributed by atoms with Gasteiger partial charge in [-0.1, -0.05) is 0 Å². The molecule has 0 saturated heterocycles. The maximum atomic E-state index is 11.2. The fourth-order valence-electron chi connectivity index (χ4n) is 0.825. The van der Waals surface area contributed by atoms with Crippen molar-refractivity contribution in [1.82, 2.24) is 9.97 Å². The Morgan fingerprint density at radius 1 is 1.13 bits per heavy atom. The molecule has 1 heterocycles. The second-order valence-corrected chi connectivity index (χ2v) is 5.31. The van der Waals surface area contributed by atoms with Gasteiger partial charge >= 0.3 is 0 Å². The molecule has 8 heteroatoms. The topological polar surface area (TPSA) is 78.4 Å². The van der Waals surface area contributed by atoms with E-state index in [0.29, 0.717) is 4.47 Å². The Kier molecular flexibility index (Phi) is 3.50. The highest BCUT2D eigenvalue weighted by atomic mass is 79.9. The summed E-state index contributed by atoms with van der Waals surface area (Å²) in [4.78, 5) is 7.44. The number of hydrogen-bond acceptors (Lipinski definition) is 6. The summed E-state index contributed by atoms with van der Waals surface area (Å²) in [6, 6.07) is 0. The highest BCUT2D eigenvalue weighted by Gasteiger charge is 2.19. The minimum atomic E-state index is -3.49. The zero-order valence-electron chi connectivity index (χ0n) is 8.31. The molecule has 0 aliphatic carbocycles. The Morgan fingerprint density at radius 2 is 1.53 bits per heavy atom. The molecule has 0 atom stereocenters. The quantitative estimate of drug-likeness (QED) is 0.763. The van der Waals surface area contributed by atoms with Gasteiger partial charge in [-0.2, -0.15) is 9.97 Å². The van der Waals surface area contributed by atoms with Gasteiger partial charge in [-0.05, 0) is 15.9 Å². The first-order chi connectivity index (χ1) is 6.90. The highest BCUT2D eigenvalue weighted by molar-refractivity contribution is 9.10. The largest absolute Gasteiger partial charge is 0.480 e. The van der Waals surface area contributed by atoms with Crippen molar-refractivity contribution in [3.05, 3.63) is 4.47 Å². The lowest BCUT2D eigenvalue weighted by molar-refractivity contribution is 0.357. The molecular weight excluding hydrogens is 288 g/mol. The molecule has 0 aliphatic heterocycles. The average Bonchev–Trinajstić information content (AvgIpc) is 2.16. The van der Waals surface area contributed by atoms with Crippen molar-refractivity contribution in [3.8, 4) is 11.8 Å². The van der Waals surface area contributed by atoms with Crippen LogP contribution in [0.5, 0.6) is 11.8 Å². The van der Waals surface area contributed by atoms with E-state index >= 15 is 0 Å². The number of methoxy groups -OCH3 is 2. The van der Waals surface area contributed by atoms with E-state index in [0.717, 1.165) is 6.26 Å². The van der Waals surface area contributed by atoms with Crippen molar-refractivity contribution in [2.24, 2.45) is 0 Å². The molecule has 1 rings (SSSR count). The number of aromatic nitrogens is 2. The third-order valence-corrected chi connectivity index (χ3v) is 3.01. The number of ether oxygens (including phenoxy) is 2. The molecule has 1 aromatic heterocycles. The van der Waals surface area contributed by atoms with Gasteiger partial charge in [0.05, 0.1) is 14.2 Å². The zero-order chi connectivity index (χ0) is 11.6. The van der Waals surface area contributed by atoms with Crippen LogP contribution in [0.4, 0.5) is 0 Å². The average molecular weight is 297 g/mol. The Bertz CT molecular complexity index is 449. The summed E-state index contributed by atoms with van der Waals surface area (Å²) in [6.07, 6.45) is 1.01. The molecule has 1 aromatic rings. The minimum absolute atomic E-state index is 0.113. The summed E-state index contributed by atoms with van der Waals surface area (Å²) in [5, 5.41) is -0.334. The summed E-state index contributed by atoms with van der Waals surface area (Å²) in [6.45, 7) is 0. The lowest BCUT2D eigenvalue weighted by Crippen LogP contribution is -2.07. The summed E-state index contributed by atoms with van der Waals surface area (Å²) >= 11 is 3.13. The number of nitrogens with zero attached hydrogens (tertiary/aromatic N) is 2. The molecule has 0 fully saturated rings. The first kappa shape index (κ1) is 12.2. The molecular formula is C7H9BrN2O4S. The summed E-state index contributed by atoms with van der Waals surface area (Å²) in [5.74, 6) is 0.226. The maximum absolute atomic E-state index is 11.2. The molecule has 0 N–H and O–H groups in total. The van der Waals surface area contributed by atoms with Crippen LogP contribution in [0, 0.1) is 0 Å². The molecule has 0 amide bonds. The molecule has 0 bridgehead atoms. The summed E-state index contributed by atoms with van der Waals surface area (Å²) in [7, 11) is -0.741. The normalized spacial score (nSPS) is 11.2. The van der Waals surface area contributed by atoms with Crippen LogP contribution in [0.2, 0.25) is 0 Å². The predicted molar refractivity (Wildman–Crippen MR) is 55.9 cm³/mol. The lowest BCUT2D eigenvalue weighted by atomic mass is 10.6. The summed E-state index contributed by atoms with van der Waals surface area (Å²) in [5.41, 5.74) is 0. The van der Waals surface area contributed by atoms with Crippen LogP contribution in [0.3, 0.4) is 0 Å². The third-order valence-electron chi connectivity index (χ3n) is 1.49. The molecule has 0 aromatic carbocycles. The second kappa shape index (κ2) is 4.31. The molecule has 15 heavy (non-hydrogen) atoms. The van der Waals surface area contributed by atoms with Crippen molar-refractivity contribution < 1.29 is 17.9 Å². The van der Waals surface area contributed by atoms with Gasteiger partial charge in [-0.15, -0.1) is 0 Å². The van der Waals surface area contributed by atoms with Crippen LogP contribution in [0.25, 0.3) is 0 Å². The first-order valence-corrected chi connectivity index (χ1v) is 6.44. The molecule has 84 valence electrons. The Labute approximate surface area is 95.7 Å². The van der Waals surface area contributed by atoms with Gasteiger partial charge in [0, 0.05) is 6.26 Å². The van der Waals surface area contributed by atoms with Gasteiger partial charge < -0.3 is 9.47 Å². The Balaban J connectivity index is 3.47. The lowest BCUT2D eigenvalue weighted by Gasteiger charge is -2.07. The molecule has 6 nitrogen and oxygen atoms in total. The van der Waals surface area contributed by atoms with E-state index in [-0.39, 0.29) is 16.9 Å². The van der Waals surface area contributed by atoms with Gasteiger partial charge in [-0.3, -0.25) is 0 Å². The first-order valence-electron chi connectivity index (χ1n) is 3.75. The van der Waals surface area contributed by atoms with E-state index in [1.54, 1.807) is 0 Å². The number of rotatable bonds is 3. The molecule has 0 spiro atoms. The third kappa shape index (κ3) is 2.57. The van der Waals surface area contributed by atoms with Crippen LogP contribution in [-0.4, -0.2) is 38.9 Å². The zero-order valence-corrected chi connectivity index (χ0v) is 10.7. The van der Waals surface area contributed by atoms with E-state index in [2.05, 4.69) is 25.9 Å². The molecule has 0 saturated carbocycles. The predicted octanol–water partition coefficient (Wildman–Crippen LogP) is 0.660. The van der Waals surface area contributed by atoms with Crippen LogP contribution >= 0.6 is 15.9 Å². The van der Waals surface area contributed by atoms with Crippen LogP contribution in [-0.2, 0) is 9.84 Å². The number of halogens is 1. The molecule has 0 unspecified atom stereocenters. The van der Waals surface area contributed by atoms with E-state index < -0.39 is 9.84 Å². The van der Waals surface area contributed by atoms with Gasteiger partial charge in [0.2, 0.25) is 21.6 Å². The SMILES string of the molecule is COc1nc(S(C)(=O)=O)nc(OC)c1Br. The smallest absolute Gasteiger partial charge is 0.253 e. The van der Waals surface area contributed by atoms with E-state index in [9.17, 15) is 8.42 Å². The van der Waals surface area contributed by atoms with Crippen LogP contribution in [0.15, 0.2) is 9.63 Å². The van der Waals surface area contributed by atoms with E-state index in [1.807, 2.05) is 0 Å². The van der Waals surface area contributed by atoms with Gasteiger partial charge in [0.1, 0.15) is 4.47 Å². The van der Waals surface area contributed by atoms with Crippen molar-refractivity contribution in [2.45, 2.75) is 5.16 Å². The molecule has 0 aliphatic rings. The number of hydrogen-bond donors (Lipinski definition) is 0. The van der Waals surface area contributed by atoms with Gasteiger partial charge in [0.15, 0.2) is 0 Å².